The number of nitrogens with zero attached hydrogens (tertiary/aromatic N) is 4. The number of fused-ring (bicyclic) bond motifs is 1. The Hall–Kier alpha value is -3.09. The number of aryl methyl sites for hydroxylation is 1. The van der Waals surface area contributed by atoms with Crippen molar-refractivity contribution in [2.24, 2.45) is 0 Å². The molecule has 3 rings (SSSR count). The Morgan fingerprint density at radius 3 is 2.51 bits per heavy atom. The van der Waals surface area contributed by atoms with Gasteiger partial charge in [-0.05, 0) is 31.0 Å². The number of ether oxygens (including phenoxy) is 1. The highest BCUT2D eigenvalue weighted by atomic mass is 35.5. The molecule has 0 unspecified atom stereocenters. The van der Waals surface area contributed by atoms with Crippen LogP contribution in [-0.4, -0.2) is 38.9 Å². The molecule has 35 heavy (non-hydrogen) atoms. The van der Waals surface area contributed by atoms with Crippen LogP contribution in [0.3, 0.4) is 0 Å². The van der Waals surface area contributed by atoms with Crippen LogP contribution in [0.2, 0.25) is 5.02 Å². The molecule has 0 bridgehead atoms. The monoisotopic (exact) mass is 523 g/mol. The van der Waals surface area contributed by atoms with Gasteiger partial charge in [-0.2, -0.15) is 13.2 Å². The average molecular weight is 524 g/mol. The number of benzene rings is 1. The molecule has 1 N–H and O–H groups in total. The van der Waals surface area contributed by atoms with Crippen molar-refractivity contribution in [2.75, 3.05) is 18.5 Å². The molecule has 3 aromatic rings. The number of nitrogens with one attached hydrogen (secondary N) is 1. The second-order valence-corrected chi connectivity index (χ2v) is 7.64. The van der Waals surface area contributed by atoms with Gasteiger partial charge in [-0.3, -0.25) is 4.79 Å². The van der Waals surface area contributed by atoms with Crippen molar-refractivity contribution >= 4 is 34.4 Å². The zero-order valence-electron chi connectivity index (χ0n) is 18.5. The molecule has 190 valence electrons. The number of carbonyl (C=O) groups excluding carboxylic acids is 1. The van der Waals surface area contributed by atoms with E-state index in [0.717, 1.165) is 10.7 Å². The third-order valence-electron chi connectivity index (χ3n) is 4.92. The van der Waals surface area contributed by atoms with Gasteiger partial charge in [-0.25, -0.2) is 27.8 Å². The van der Waals surface area contributed by atoms with Gasteiger partial charge in [-0.1, -0.05) is 18.5 Å². The van der Waals surface area contributed by atoms with Crippen molar-refractivity contribution in [1.82, 2.24) is 19.7 Å². The lowest BCUT2D eigenvalue weighted by Gasteiger charge is -2.16. The minimum Gasteiger partial charge on any atom is -0.466 e. The molecule has 0 radical (unpaired) electrons. The summed E-state index contributed by atoms with van der Waals surface area (Å²) in [5.41, 5.74) is -1.04. The molecule has 0 fully saturated rings. The highest BCUT2D eigenvalue weighted by Crippen LogP contribution is 2.37. The van der Waals surface area contributed by atoms with Gasteiger partial charge in [-0.15, -0.1) is 5.10 Å². The van der Waals surface area contributed by atoms with Crippen LogP contribution in [0.4, 0.5) is 32.2 Å². The Morgan fingerprint density at radius 1 is 1.23 bits per heavy atom. The van der Waals surface area contributed by atoms with Gasteiger partial charge in [0.1, 0.15) is 12.5 Å². The molecule has 0 aliphatic carbocycles. The second-order valence-electron chi connectivity index (χ2n) is 7.23. The van der Waals surface area contributed by atoms with Gasteiger partial charge in [0.2, 0.25) is 5.82 Å². The highest BCUT2D eigenvalue weighted by Gasteiger charge is 2.37. The molecular weight excluding hydrogens is 504 g/mol. The molecule has 2 heterocycles. The van der Waals surface area contributed by atoms with Gasteiger partial charge in [0.15, 0.2) is 5.65 Å². The lowest BCUT2D eigenvalue weighted by atomic mass is 10.1. The first-order chi connectivity index (χ1) is 16.5. The van der Waals surface area contributed by atoms with Crippen molar-refractivity contribution in [3.8, 4) is 5.69 Å². The molecule has 0 saturated heterocycles. The number of hydrogen-bond acceptors (Lipinski definition) is 6. The van der Waals surface area contributed by atoms with E-state index in [4.69, 9.17) is 16.3 Å². The Balaban J connectivity index is 2.26. The summed E-state index contributed by atoms with van der Waals surface area (Å²) >= 11 is 6.31. The molecule has 2 aromatic heterocycles. The normalized spacial score (nSPS) is 11.9. The minimum atomic E-state index is -4.97. The maximum atomic E-state index is 13.8. The van der Waals surface area contributed by atoms with Crippen LogP contribution in [0.25, 0.3) is 16.7 Å². The third kappa shape index (κ3) is 5.60. The Bertz CT molecular complexity index is 1230. The van der Waals surface area contributed by atoms with E-state index < -0.39 is 42.4 Å². The lowest BCUT2D eigenvalue weighted by Crippen LogP contribution is -2.15. The minimum absolute atomic E-state index is 0.0490. The fraction of sp³-hybridized carbons (Fsp3) is 0.429. The van der Waals surface area contributed by atoms with E-state index in [1.165, 1.54) is 6.07 Å². The first-order valence-electron chi connectivity index (χ1n) is 10.4. The van der Waals surface area contributed by atoms with Gasteiger partial charge >= 0.3 is 12.1 Å². The van der Waals surface area contributed by atoms with Gasteiger partial charge in [0, 0.05) is 12.1 Å². The van der Waals surface area contributed by atoms with E-state index in [1.807, 2.05) is 0 Å². The predicted molar refractivity (Wildman–Crippen MR) is 116 cm³/mol. The number of rotatable bonds is 9. The molecule has 0 amide bonds. The molecule has 0 aliphatic rings. The number of esters is 1. The van der Waals surface area contributed by atoms with Gasteiger partial charge in [0.05, 0.1) is 34.8 Å². The van der Waals surface area contributed by atoms with Gasteiger partial charge < -0.3 is 10.1 Å². The fourth-order valence-corrected chi connectivity index (χ4v) is 3.76. The summed E-state index contributed by atoms with van der Waals surface area (Å²) in [6.45, 7) is 1.98. The zero-order valence-corrected chi connectivity index (χ0v) is 19.3. The summed E-state index contributed by atoms with van der Waals surface area (Å²) in [5, 5.41) is 6.60. The summed E-state index contributed by atoms with van der Waals surface area (Å²) in [4.78, 5) is 18.5. The van der Waals surface area contributed by atoms with E-state index in [-0.39, 0.29) is 53.5 Å². The Kier molecular flexibility index (Phi) is 8.08. The van der Waals surface area contributed by atoms with Crippen molar-refractivity contribution < 1.29 is 35.9 Å². The molecular formula is C21H20ClF6N5O2. The second kappa shape index (κ2) is 10.7. The summed E-state index contributed by atoms with van der Waals surface area (Å²) < 4.78 is 86.2. The van der Waals surface area contributed by atoms with E-state index >= 15 is 0 Å². The standard InChI is InChI=1S/C21H20ClF6N5O2/c1-3-10-7-11(17(24)25)8-12(22)16(10)33-19(29-6-5-14(34)35-4-2)15-13(9-23)30-20(21(26,27)28)31-18(15)32-33/h7-8,17,29H,3-6,9H2,1-2H3. The largest absolute Gasteiger partial charge is 0.466 e. The fourth-order valence-electron chi connectivity index (χ4n) is 3.44. The van der Waals surface area contributed by atoms with Crippen LogP contribution in [0.5, 0.6) is 0 Å². The van der Waals surface area contributed by atoms with Gasteiger partial charge in [0.25, 0.3) is 6.43 Å². The van der Waals surface area contributed by atoms with Crippen LogP contribution in [0.1, 0.15) is 49.3 Å². The predicted octanol–water partition coefficient (Wildman–Crippen LogP) is 5.82. The van der Waals surface area contributed by atoms with Crippen molar-refractivity contribution in [2.45, 2.75) is 46.0 Å². The van der Waals surface area contributed by atoms with E-state index in [0.29, 0.717) is 5.56 Å². The Labute approximate surface area is 200 Å². The Morgan fingerprint density at radius 2 is 1.94 bits per heavy atom. The van der Waals surface area contributed by atoms with E-state index in [2.05, 4.69) is 20.4 Å². The first-order valence-corrected chi connectivity index (χ1v) is 10.8. The highest BCUT2D eigenvalue weighted by molar-refractivity contribution is 6.32. The maximum absolute atomic E-state index is 13.8. The van der Waals surface area contributed by atoms with Crippen LogP contribution < -0.4 is 5.32 Å². The number of halogens is 7. The van der Waals surface area contributed by atoms with E-state index in [1.54, 1.807) is 13.8 Å². The molecule has 1 aromatic carbocycles. The quantitative estimate of drug-likeness (QED) is 0.281. The SMILES string of the molecule is CCOC(=O)CCNc1c2c(CF)nc(C(F)(F)F)nc2nn1-c1c(Cl)cc(C(F)F)cc1CC. The topological polar surface area (TPSA) is 81.9 Å². The average Bonchev–Trinajstić information content (AvgIpc) is 3.15. The van der Waals surface area contributed by atoms with Crippen LogP contribution in [0, 0.1) is 0 Å². The number of alkyl halides is 6. The zero-order chi connectivity index (χ0) is 25.9. The number of aromatic nitrogens is 4. The first kappa shape index (κ1) is 26.5. The lowest BCUT2D eigenvalue weighted by molar-refractivity contribution is -0.145. The molecule has 14 heteroatoms. The number of anilines is 1. The summed E-state index contributed by atoms with van der Waals surface area (Å²) in [6, 6.07) is 2.21. The van der Waals surface area contributed by atoms with Crippen LogP contribution in [0.15, 0.2) is 12.1 Å². The third-order valence-corrected chi connectivity index (χ3v) is 5.21. The van der Waals surface area contributed by atoms with Crippen LogP contribution >= 0.6 is 11.6 Å². The molecule has 0 saturated carbocycles. The molecule has 0 aliphatic heterocycles. The molecule has 7 nitrogen and oxygen atoms in total. The van der Waals surface area contributed by atoms with Crippen molar-refractivity contribution in [3.05, 3.63) is 39.8 Å². The smallest absolute Gasteiger partial charge is 0.451 e. The summed E-state index contributed by atoms with van der Waals surface area (Å²) in [5.74, 6) is -2.19. The number of hydrogen-bond donors (Lipinski definition) is 1. The van der Waals surface area contributed by atoms with Crippen molar-refractivity contribution in [1.29, 1.82) is 0 Å². The van der Waals surface area contributed by atoms with Crippen LogP contribution in [-0.2, 0) is 28.8 Å². The van der Waals surface area contributed by atoms with Crippen molar-refractivity contribution in [3.63, 3.8) is 0 Å². The summed E-state index contributed by atoms with van der Waals surface area (Å²) in [6.07, 6.45) is -7.70. The van der Waals surface area contributed by atoms with E-state index in [9.17, 15) is 31.1 Å². The summed E-state index contributed by atoms with van der Waals surface area (Å²) in [7, 11) is 0. The molecule has 0 atom stereocenters. The molecule has 0 spiro atoms. The maximum Gasteiger partial charge on any atom is 0.451 e. The number of carbonyl (C=O) groups is 1.